The van der Waals surface area contributed by atoms with Crippen LogP contribution in [0.5, 0.6) is 0 Å². The number of nitriles is 2. The first-order chi connectivity index (χ1) is 40.2. The van der Waals surface area contributed by atoms with Crippen molar-refractivity contribution in [2.75, 3.05) is 13.2 Å². The van der Waals surface area contributed by atoms with E-state index in [1.54, 1.807) is 53.1 Å². The number of ether oxygens (including phenoxy) is 2. The minimum absolute atomic E-state index is 0. The number of carbonyl (C=O) groups excluding carboxylic acids is 2. The van der Waals surface area contributed by atoms with Crippen molar-refractivity contribution in [1.82, 2.24) is 13.7 Å². The molecule has 0 fully saturated rings. The molecule has 434 valence electrons. The first kappa shape index (κ1) is 68.6. The number of carbonyl (C=O) groups is 3. The van der Waals surface area contributed by atoms with Gasteiger partial charge in [-0.15, -0.1) is 34.0 Å². The summed E-state index contributed by atoms with van der Waals surface area (Å²) in [6, 6.07) is 39.1. The van der Waals surface area contributed by atoms with E-state index in [0.717, 1.165) is 92.0 Å². The Labute approximate surface area is 563 Å². The van der Waals surface area contributed by atoms with E-state index in [0.29, 0.717) is 47.5 Å². The number of aromatic nitrogens is 3. The van der Waals surface area contributed by atoms with Gasteiger partial charge in [-0.2, -0.15) is 10.5 Å². The van der Waals surface area contributed by atoms with Crippen molar-refractivity contribution in [2.24, 2.45) is 0 Å². The quantitative estimate of drug-likeness (QED) is 0.0619. The molecule has 0 saturated heterocycles. The normalized spacial score (nSPS) is 10.5. The van der Waals surface area contributed by atoms with Gasteiger partial charge in [-0.3, -0.25) is 14.4 Å². The molecule has 6 aromatic heterocycles. The van der Waals surface area contributed by atoms with E-state index < -0.39 is 5.97 Å². The Kier molecular flexibility index (Phi) is 25.1. The van der Waals surface area contributed by atoms with Crippen LogP contribution in [0.4, 0.5) is 0 Å². The zero-order chi connectivity index (χ0) is 58.9. The van der Waals surface area contributed by atoms with Gasteiger partial charge in [-0.25, -0.2) is 0 Å². The van der Waals surface area contributed by atoms with E-state index in [2.05, 4.69) is 71.7 Å². The van der Waals surface area contributed by atoms with Gasteiger partial charge in [0.15, 0.2) is 0 Å². The number of esters is 2. The van der Waals surface area contributed by atoms with E-state index in [4.69, 9.17) is 56.1 Å². The number of halogens is 4. The van der Waals surface area contributed by atoms with Gasteiger partial charge in [-0.05, 0) is 171 Å². The monoisotopic (exact) mass is 1380 g/mol. The molecule has 0 aliphatic rings. The summed E-state index contributed by atoms with van der Waals surface area (Å²) in [6.07, 6.45) is 6.34. The van der Waals surface area contributed by atoms with E-state index in [-0.39, 0.29) is 83.3 Å². The summed E-state index contributed by atoms with van der Waals surface area (Å²) in [5.41, 5.74) is 10.1. The summed E-state index contributed by atoms with van der Waals surface area (Å²) < 4.78 is 21.1. The van der Waals surface area contributed by atoms with Crippen LogP contribution in [0.1, 0.15) is 58.4 Å². The second-order valence-electron chi connectivity index (χ2n) is 18.9. The molecule has 0 aliphatic carbocycles. The number of rotatable bonds is 14. The molecule has 0 radical (unpaired) electrons. The van der Waals surface area contributed by atoms with E-state index in [9.17, 15) is 30.0 Å². The number of aliphatic carboxylic acids is 1. The van der Waals surface area contributed by atoms with Crippen LogP contribution in [0.2, 0.25) is 15.1 Å². The summed E-state index contributed by atoms with van der Waals surface area (Å²) in [5.74, 6) is -1.33. The third-order valence-electron chi connectivity index (χ3n) is 13.6. The smallest absolute Gasteiger partial charge is 0.870 e. The summed E-state index contributed by atoms with van der Waals surface area (Å²) in [6.45, 7) is 11.1. The van der Waals surface area contributed by atoms with Crippen LogP contribution in [0, 0.1) is 34.5 Å². The number of benzene rings is 6. The van der Waals surface area contributed by atoms with Crippen LogP contribution in [-0.2, 0) is 79.8 Å². The summed E-state index contributed by atoms with van der Waals surface area (Å²) in [4.78, 5) is 35.2. The van der Waals surface area contributed by atoms with Crippen LogP contribution in [0.25, 0.3) is 63.0 Å². The Morgan fingerprint density at radius 1 is 0.523 bits per heavy atom. The fraction of sp³-hybridized carbons (Fsp3) is 0.156. The van der Waals surface area contributed by atoms with E-state index in [1.807, 2.05) is 109 Å². The van der Waals surface area contributed by atoms with Crippen molar-refractivity contribution < 1.29 is 81.1 Å². The molecule has 6 heterocycles. The average Bonchev–Trinajstić information content (AvgIpc) is 2.18. The second kappa shape index (κ2) is 31.4. The van der Waals surface area contributed by atoms with Crippen LogP contribution < -0.4 is 29.6 Å². The molecule has 86 heavy (non-hydrogen) atoms. The number of nitrogens with zero attached hydrogens (tertiary/aromatic N) is 6. The molecule has 12 rings (SSSR count). The van der Waals surface area contributed by atoms with Gasteiger partial charge in [0.05, 0.1) is 55.7 Å². The number of carboxylic acids is 1. The zero-order valence-electron chi connectivity index (χ0n) is 46.2. The number of hydrogen-bond acceptors (Lipinski definition) is 12. The van der Waals surface area contributed by atoms with Crippen LogP contribution in [-0.4, -0.2) is 55.4 Å². The number of thiophene rings is 3. The molecule has 6 aromatic carbocycles. The van der Waals surface area contributed by atoms with Crippen molar-refractivity contribution in [2.45, 2.75) is 52.7 Å². The fourth-order valence-electron chi connectivity index (χ4n) is 10.0. The van der Waals surface area contributed by atoms with E-state index >= 15 is 0 Å². The molecular weight excluding hydrogens is 1330 g/mol. The van der Waals surface area contributed by atoms with Crippen molar-refractivity contribution in [3.63, 3.8) is 0 Å². The van der Waals surface area contributed by atoms with Gasteiger partial charge in [0.25, 0.3) is 0 Å². The Balaban J connectivity index is 0.000000200. The largest absolute Gasteiger partial charge is 1.00 e. The van der Waals surface area contributed by atoms with Crippen molar-refractivity contribution in [1.29, 1.82) is 15.8 Å². The number of hydrogen-bond donors (Lipinski definition) is 1. The molecule has 0 aliphatic heterocycles. The summed E-state index contributed by atoms with van der Waals surface area (Å²) in [7, 11) is 0. The van der Waals surface area contributed by atoms with Gasteiger partial charge >= 0.3 is 64.5 Å². The molecule has 2 N–H and O–H groups in total. The SMILES string of the molecule is CCOC(=O)Cc1cn(Cc2csc3ccc(Cl)cc23)c2cc(Br)ccc12.CCOC(=O)Cc1cn(Cc2csc3ccc(Cl)cc23)c2cc(C#N)ccc12.N#Cc1ccc2c(CC(=O)O)cn(Cc3csc4ccc(Cl)cc34)c2c1.[C-]#N.[Cu+].[Na+].[OH-]. The molecular formula is C64H48BrCl3CuN6NaO7S3. The number of fused-ring (bicyclic) bond motifs is 6. The maximum atomic E-state index is 12.0. The topological polar surface area (TPSA) is 206 Å². The van der Waals surface area contributed by atoms with Gasteiger partial charge in [-0.1, -0.05) is 68.9 Å². The van der Waals surface area contributed by atoms with Crippen molar-refractivity contribution in [3.05, 3.63) is 215 Å². The van der Waals surface area contributed by atoms with Crippen LogP contribution in [0.15, 0.2) is 148 Å². The predicted molar refractivity (Wildman–Crippen MR) is 340 cm³/mol. The van der Waals surface area contributed by atoms with Gasteiger partial charge in [0.1, 0.15) is 0 Å². The Morgan fingerprint density at radius 3 is 1.20 bits per heavy atom. The standard InChI is InChI=1S/C22H17ClN2O2S.C21H17BrClNO2S.C20H13ClN2O2S.CN.Cu.Na.H2O/c1-2-27-22(26)8-15-11-25(20-7-14(10-24)3-5-18(15)20)12-16-13-28-21-6-4-17(23)9-19(16)21;1-2-26-21(25)7-13-10-24(19-8-15(22)3-5-17(13)19)11-14-12-27-20-6-4-16(23)9-18(14)20;21-15-2-4-19-17(7-15)14(11-26-19)10-23-9-13(6-20(24)25)16-3-1-12(8-22)5-18(16)23;1-2;;;/h3-7,9,11,13H,2,8,12H2,1H3;3-6,8-10,12H,2,7,11H2,1H3;1-5,7,9,11H,6,10H2,(H,24,25);;;;1H2/q;;;-1;2*+1;/p-1. The molecule has 13 nitrogen and oxygen atoms in total. The van der Waals surface area contributed by atoms with Crippen molar-refractivity contribution in [3.8, 4) is 12.1 Å². The minimum atomic E-state index is -0.874. The number of carboxylic acid groups (broad SMARTS) is 1. The van der Waals surface area contributed by atoms with Crippen molar-refractivity contribution >= 4 is 166 Å². The Morgan fingerprint density at radius 2 is 0.860 bits per heavy atom. The zero-order valence-corrected chi connectivity index (χ0v) is 55.4. The maximum absolute atomic E-state index is 12.0. The van der Waals surface area contributed by atoms with Crippen LogP contribution >= 0.6 is 84.7 Å². The second-order valence-corrected chi connectivity index (χ2v) is 23.9. The average molecular weight is 1380 g/mol. The van der Waals surface area contributed by atoms with Crippen LogP contribution in [0.3, 0.4) is 0 Å². The Bertz CT molecular complexity index is 4560. The van der Waals surface area contributed by atoms with E-state index in [1.165, 1.54) is 20.3 Å². The minimum Gasteiger partial charge on any atom is -0.870 e. The molecule has 12 aromatic rings. The first-order valence-electron chi connectivity index (χ1n) is 25.7. The third kappa shape index (κ3) is 16.0. The first-order valence-corrected chi connectivity index (χ1v) is 30.3. The molecule has 0 saturated carbocycles. The molecule has 0 spiro atoms. The summed E-state index contributed by atoms with van der Waals surface area (Å²) in [5, 5.41) is 48.8. The van der Waals surface area contributed by atoms with Gasteiger partial charge in [0, 0.05) is 105 Å². The van der Waals surface area contributed by atoms with Gasteiger partial charge < -0.3 is 45.6 Å². The summed E-state index contributed by atoms with van der Waals surface area (Å²) >= 11 is 27.1. The molecule has 22 heteroatoms. The Hall–Kier alpha value is -6.47. The molecule has 0 atom stereocenters. The fourth-order valence-corrected chi connectivity index (χ4v) is 13.7. The van der Waals surface area contributed by atoms with Gasteiger partial charge in [0.2, 0.25) is 0 Å². The molecule has 0 unspecified atom stereocenters. The molecule has 0 amide bonds. The predicted octanol–water partition coefficient (Wildman–Crippen LogP) is 13.9. The molecule has 0 bridgehead atoms. The third-order valence-corrected chi connectivity index (χ3v) is 17.8. The maximum Gasteiger partial charge on any atom is 1.00 e.